The van der Waals surface area contributed by atoms with Crippen molar-refractivity contribution in [3.63, 3.8) is 0 Å². The molecule has 0 aliphatic carbocycles. The van der Waals surface area contributed by atoms with Gasteiger partial charge >= 0.3 is 0 Å². The summed E-state index contributed by atoms with van der Waals surface area (Å²) in [5.41, 5.74) is 0.187. The monoisotopic (exact) mass is 449 g/mol. The Labute approximate surface area is 187 Å². The number of halogens is 2. The molecule has 2 aromatic rings. The van der Waals surface area contributed by atoms with Crippen LogP contribution in [-0.2, 0) is 14.3 Å². The van der Waals surface area contributed by atoms with Gasteiger partial charge in [-0.2, -0.15) is 4.39 Å². The number of carbonyl (C=O) groups is 1. The molecule has 8 heteroatoms. The zero-order chi connectivity index (χ0) is 22.6. The molecular formula is C23H29ClFN3O3. The van der Waals surface area contributed by atoms with Gasteiger partial charge in [-0.15, -0.1) is 0 Å². The fourth-order valence-corrected chi connectivity index (χ4v) is 3.84. The van der Waals surface area contributed by atoms with E-state index in [-0.39, 0.29) is 16.3 Å². The van der Waals surface area contributed by atoms with E-state index in [4.69, 9.17) is 21.1 Å². The lowest BCUT2D eigenvalue weighted by atomic mass is 9.90. The van der Waals surface area contributed by atoms with Gasteiger partial charge in [-0.05, 0) is 17.5 Å². The Morgan fingerprint density at radius 1 is 1.32 bits per heavy atom. The lowest BCUT2D eigenvalue weighted by Crippen LogP contribution is -2.51. The van der Waals surface area contributed by atoms with E-state index in [0.717, 1.165) is 0 Å². The zero-order valence-corrected chi connectivity index (χ0v) is 19.2. The maximum absolute atomic E-state index is 13.7. The van der Waals surface area contributed by atoms with Crippen LogP contribution in [-0.4, -0.2) is 48.3 Å². The Bertz CT molecular complexity index is 927. The summed E-state index contributed by atoms with van der Waals surface area (Å²) in [6.07, 6.45) is 2.97. The van der Waals surface area contributed by atoms with Gasteiger partial charge in [-0.25, -0.2) is 9.97 Å². The molecule has 168 valence electrons. The molecule has 3 rings (SSSR count). The first-order chi connectivity index (χ1) is 14.6. The van der Waals surface area contributed by atoms with E-state index in [1.54, 1.807) is 30.2 Å². The minimum absolute atomic E-state index is 0.0490. The molecule has 3 heterocycles. The molecule has 0 atom stereocenters. The lowest BCUT2D eigenvalue weighted by molar-refractivity contribution is -0.123. The summed E-state index contributed by atoms with van der Waals surface area (Å²) in [4.78, 5) is 23.3. The molecular weight excluding hydrogens is 421 g/mol. The smallest absolute Gasteiger partial charge is 0.228 e. The highest BCUT2D eigenvalue weighted by Gasteiger charge is 2.37. The fourth-order valence-electron chi connectivity index (χ4n) is 3.64. The fraction of sp³-hybridized carbons (Fsp3) is 0.522. The van der Waals surface area contributed by atoms with Crippen molar-refractivity contribution in [2.45, 2.75) is 45.6 Å². The van der Waals surface area contributed by atoms with Gasteiger partial charge in [-0.3, -0.25) is 9.69 Å². The van der Waals surface area contributed by atoms with Crippen LogP contribution in [0.4, 0.5) is 10.2 Å². The molecule has 31 heavy (non-hydrogen) atoms. The molecule has 0 radical (unpaired) electrons. The molecule has 0 bridgehead atoms. The van der Waals surface area contributed by atoms with Gasteiger partial charge in [-0.1, -0.05) is 38.4 Å². The molecule has 1 aliphatic rings. The first kappa shape index (κ1) is 23.6. The minimum Gasteiger partial charge on any atom is -0.381 e. The van der Waals surface area contributed by atoms with E-state index in [9.17, 15) is 9.18 Å². The predicted molar refractivity (Wildman–Crippen MR) is 119 cm³/mol. The number of rotatable bonds is 6. The second-order valence-electron chi connectivity index (χ2n) is 9.08. The first-order valence-electron chi connectivity index (χ1n) is 10.3. The highest BCUT2D eigenvalue weighted by atomic mass is 35.5. The van der Waals surface area contributed by atoms with Gasteiger partial charge in [0, 0.05) is 57.4 Å². The van der Waals surface area contributed by atoms with Crippen LogP contribution in [0.25, 0.3) is 11.3 Å². The summed E-state index contributed by atoms with van der Waals surface area (Å²) < 4.78 is 25.1. The number of nitrogens with zero attached hydrogens (tertiary/aromatic N) is 3. The Kier molecular flexibility index (Phi) is 7.29. The molecule has 1 fully saturated rings. The molecule has 0 aromatic carbocycles. The van der Waals surface area contributed by atoms with Crippen LogP contribution >= 0.6 is 11.6 Å². The van der Waals surface area contributed by atoms with Crippen LogP contribution in [0.1, 0.15) is 40.0 Å². The number of hydrogen-bond acceptors (Lipinski definition) is 5. The molecule has 1 amide bonds. The number of carbonyl (C=O) groups excluding carboxylic acids is 1. The van der Waals surface area contributed by atoms with Crippen LogP contribution < -0.4 is 4.90 Å². The first-order valence-corrected chi connectivity index (χ1v) is 10.7. The number of ether oxygens (including phenoxy) is 2. The number of aromatic nitrogens is 2. The van der Waals surface area contributed by atoms with Crippen molar-refractivity contribution in [1.82, 2.24) is 9.97 Å². The molecule has 0 unspecified atom stereocenters. The summed E-state index contributed by atoms with van der Waals surface area (Å²) in [5.74, 6) is -0.220. The molecule has 0 N–H and O–H groups in total. The average Bonchev–Trinajstić information content (AvgIpc) is 2.73. The predicted octanol–water partition coefficient (Wildman–Crippen LogP) is 4.90. The highest BCUT2D eigenvalue weighted by Crippen LogP contribution is 2.32. The van der Waals surface area contributed by atoms with Gasteiger partial charge in [0.15, 0.2) is 0 Å². The van der Waals surface area contributed by atoms with E-state index < -0.39 is 11.5 Å². The third-order valence-electron chi connectivity index (χ3n) is 5.37. The average molecular weight is 450 g/mol. The van der Waals surface area contributed by atoms with E-state index in [0.29, 0.717) is 56.1 Å². The van der Waals surface area contributed by atoms with Crippen molar-refractivity contribution in [3.8, 4) is 11.3 Å². The van der Waals surface area contributed by atoms with Gasteiger partial charge in [0.1, 0.15) is 5.82 Å². The molecule has 0 saturated carbocycles. The number of methoxy groups -OCH3 is 1. The SMILES string of the molecule is COC1(CN(C(=O)CC(C)(C)C)c2cccc(-c3cc(F)ncc3Cl)n2)CCOCC1. The summed E-state index contributed by atoms with van der Waals surface area (Å²) in [6.45, 7) is 7.58. The standard InChI is InChI=1S/C23H29ClFN3O3/c1-22(2,3)13-21(29)28(15-23(30-4)8-10-31-11-9-23)20-7-5-6-18(27-20)16-12-19(25)26-14-17(16)24/h5-7,12,14H,8-11,13,15H2,1-4H3. The van der Waals surface area contributed by atoms with Crippen LogP contribution in [0.2, 0.25) is 5.02 Å². The highest BCUT2D eigenvalue weighted by molar-refractivity contribution is 6.33. The maximum Gasteiger partial charge on any atom is 0.228 e. The van der Waals surface area contributed by atoms with E-state index >= 15 is 0 Å². The molecule has 6 nitrogen and oxygen atoms in total. The maximum atomic E-state index is 13.7. The minimum atomic E-state index is -0.646. The Morgan fingerprint density at radius 3 is 2.68 bits per heavy atom. The lowest BCUT2D eigenvalue weighted by Gasteiger charge is -2.40. The molecule has 2 aromatic heterocycles. The van der Waals surface area contributed by atoms with Crippen molar-refractivity contribution >= 4 is 23.3 Å². The van der Waals surface area contributed by atoms with E-state index in [1.165, 1.54) is 12.3 Å². The largest absolute Gasteiger partial charge is 0.381 e. The zero-order valence-electron chi connectivity index (χ0n) is 18.5. The summed E-state index contributed by atoms with van der Waals surface area (Å²) >= 11 is 6.23. The van der Waals surface area contributed by atoms with Crippen LogP contribution in [0.15, 0.2) is 30.5 Å². The second-order valence-corrected chi connectivity index (χ2v) is 9.49. The van der Waals surface area contributed by atoms with Gasteiger partial charge < -0.3 is 9.47 Å². The Hall–Kier alpha value is -2.09. The van der Waals surface area contributed by atoms with E-state index in [1.807, 2.05) is 20.8 Å². The van der Waals surface area contributed by atoms with Gasteiger partial charge in [0.25, 0.3) is 0 Å². The van der Waals surface area contributed by atoms with Crippen molar-refractivity contribution in [2.75, 3.05) is 31.8 Å². The van der Waals surface area contributed by atoms with Crippen molar-refractivity contribution in [2.24, 2.45) is 5.41 Å². The summed E-state index contributed by atoms with van der Waals surface area (Å²) in [6, 6.07) is 6.54. The second kappa shape index (κ2) is 9.59. The molecule has 1 saturated heterocycles. The van der Waals surface area contributed by atoms with Gasteiger partial charge in [0.05, 0.1) is 22.9 Å². The van der Waals surface area contributed by atoms with Crippen LogP contribution in [0.5, 0.6) is 0 Å². The van der Waals surface area contributed by atoms with E-state index in [2.05, 4.69) is 9.97 Å². The molecule has 1 aliphatic heterocycles. The van der Waals surface area contributed by atoms with Crippen LogP contribution in [0, 0.1) is 11.4 Å². The summed E-state index contributed by atoms with van der Waals surface area (Å²) in [5, 5.41) is 0.288. The number of anilines is 1. The van der Waals surface area contributed by atoms with Crippen molar-refractivity contribution < 1.29 is 18.7 Å². The number of hydrogen-bond donors (Lipinski definition) is 0. The third kappa shape index (κ3) is 5.99. The topological polar surface area (TPSA) is 64.5 Å². The Morgan fingerprint density at radius 2 is 2.03 bits per heavy atom. The molecule has 0 spiro atoms. The number of amides is 1. The van der Waals surface area contributed by atoms with Crippen molar-refractivity contribution in [3.05, 3.63) is 41.4 Å². The van der Waals surface area contributed by atoms with Gasteiger partial charge in [0.2, 0.25) is 11.9 Å². The Balaban J connectivity index is 2.00. The quantitative estimate of drug-likeness (QED) is 0.587. The van der Waals surface area contributed by atoms with Crippen molar-refractivity contribution in [1.29, 1.82) is 0 Å². The number of pyridine rings is 2. The summed E-state index contributed by atoms with van der Waals surface area (Å²) in [7, 11) is 1.67. The normalized spacial score (nSPS) is 16.2. The van der Waals surface area contributed by atoms with Crippen LogP contribution in [0.3, 0.4) is 0 Å². The third-order valence-corrected chi connectivity index (χ3v) is 5.68.